The van der Waals surface area contributed by atoms with Crippen molar-refractivity contribution in [1.82, 2.24) is 52.3 Å². The Morgan fingerprint density at radius 1 is 0.444 bits per heavy atom. The molecular formula is C76H80N12O20. The highest BCUT2D eigenvalue weighted by Crippen LogP contribution is 2.47. The molecule has 2 fully saturated rings. The largest absolute Gasteiger partial charge is 0.507 e. The van der Waals surface area contributed by atoms with Gasteiger partial charge in [-0.05, 0) is 108 Å². The van der Waals surface area contributed by atoms with Crippen molar-refractivity contribution >= 4 is 94.3 Å². The number of carboxylic acid groups (broad SMARTS) is 2. The molecule has 0 saturated carbocycles. The number of ketones is 2. The van der Waals surface area contributed by atoms with Gasteiger partial charge in [0, 0.05) is 62.5 Å². The summed E-state index contributed by atoms with van der Waals surface area (Å²) in [4.78, 5) is 188. The van der Waals surface area contributed by atoms with Crippen LogP contribution in [-0.4, -0.2) is 215 Å². The SMILES string of the molecule is C[C@H](NC(=O)CNC(=O)[C@H](CC(=O)O)NC(=O)OCC1c2ccccc2-c2ccccc21)C(=O)N1CCC[C@H]1C(=O)NCCNc1ccc(NCCNC(=O)[C@@H]2CCCN2C(=O)[C@H](C)NC(=O)CNC(=O)[C@H](CC(=O)O)NC(=O)OCC2c3ccccc3-c3ccccc32)c2c1C(=O)c1c(O)ccc(O)c1C2=O. The first-order chi connectivity index (χ1) is 51.9. The second-order valence-corrected chi connectivity index (χ2v) is 26.5. The molecule has 11 rings (SSSR count). The molecular weight excluding hydrogens is 1400 g/mol. The Morgan fingerprint density at radius 2 is 0.787 bits per heavy atom. The molecule has 6 aromatic rings. The van der Waals surface area contributed by atoms with Crippen LogP contribution >= 0.6 is 0 Å². The van der Waals surface area contributed by atoms with Crippen molar-refractivity contribution < 1.29 is 97.0 Å². The molecule has 0 aromatic heterocycles. The number of carbonyl (C=O) groups excluding carboxylic acids is 12. The summed E-state index contributed by atoms with van der Waals surface area (Å²) in [5.41, 5.74) is 6.53. The topological polar surface area (TPSA) is 465 Å². The summed E-state index contributed by atoms with van der Waals surface area (Å²) in [5, 5.41) is 66.6. The first kappa shape index (κ1) is 76.2. The third-order valence-corrected chi connectivity index (χ3v) is 19.4. The summed E-state index contributed by atoms with van der Waals surface area (Å²) < 4.78 is 11.0. The van der Waals surface area contributed by atoms with Crippen LogP contribution in [0.15, 0.2) is 121 Å². The van der Waals surface area contributed by atoms with Gasteiger partial charge in [0.15, 0.2) is 0 Å². The van der Waals surface area contributed by atoms with Gasteiger partial charge in [-0.1, -0.05) is 97.1 Å². The van der Waals surface area contributed by atoms with Gasteiger partial charge in [-0.25, -0.2) is 9.59 Å². The van der Waals surface area contributed by atoms with Crippen molar-refractivity contribution in [3.8, 4) is 33.8 Å². The van der Waals surface area contributed by atoms with Crippen molar-refractivity contribution in [1.29, 1.82) is 0 Å². The van der Waals surface area contributed by atoms with E-state index in [1.165, 1.54) is 35.8 Å². The summed E-state index contributed by atoms with van der Waals surface area (Å²) >= 11 is 0. The smallest absolute Gasteiger partial charge is 0.407 e. The fourth-order valence-electron chi connectivity index (χ4n) is 14.4. The van der Waals surface area contributed by atoms with Gasteiger partial charge in [0.05, 0.1) is 48.2 Å². The Morgan fingerprint density at radius 3 is 1.13 bits per heavy atom. The van der Waals surface area contributed by atoms with Crippen LogP contribution in [0.4, 0.5) is 21.0 Å². The molecule has 0 bridgehead atoms. The average Bonchev–Trinajstić information content (AvgIpc) is 1.13. The van der Waals surface area contributed by atoms with E-state index >= 15 is 0 Å². The zero-order valence-corrected chi connectivity index (χ0v) is 58.7. The molecule has 32 heteroatoms. The number of carboxylic acids is 2. The number of fused-ring (bicyclic) bond motifs is 8. The molecule has 0 unspecified atom stereocenters. The molecule has 2 saturated heterocycles. The molecule has 14 N–H and O–H groups in total. The van der Waals surface area contributed by atoms with Gasteiger partial charge >= 0.3 is 24.1 Å². The van der Waals surface area contributed by atoms with Gasteiger partial charge in [0.1, 0.15) is 61.0 Å². The highest BCUT2D eigenvalue weighted by Gasteiger charge is 2.42. The summed E-state index contributed by atoms with van der Waals surface area (Å²) in [7, 11) is 0. The number of likely N-dealkylation sites (tertiary alicyclic amines) is 2. The Labute approximate surface area is 617 Å². The minimum Gasteiger partial charge on any atom is -0.507 e. The number of nitrogens with zero attached hydrogens (tertiary/aromatic N) is 2. The number of amides is 10. The van der Waals surface area contributed by atoms with Gasteiger partial charge < -0.3 is 92.9 Å². The van der Waals surface area contributed by atoms with Crippen molar-refractivity contribution in [2.45, 2.75) is 100 Å². The molecule has 2 heterocycles. The van der Waals surface area contributed by atoms with E-state index in [4.69, 9.17) is 9.47 Å². The molecule has 5 aliphatic rings. The van der Waals surface area contributed by atoms with Gasteiger partial charge in [-0.3, -0.25) is 57.5 Å². The number of rotatable bonds is 30. The number of aliphatic carboxylic acids is 2. The third-order valence-electron chi connectivity index (χ3n) is 19.4. The maximum absolute atomic E-state index is 14.4. The molecule has 0 spiro atoms. The van der Waals surface area contributed by atoms with Crippen LogP contribution in [-0.2, 0) is 57.4 Å². The van der Waals surface area contributed by atoms with E-state index in [0.29, 0.717) is 12.8 Å². The van der Waals surface area contributed by atoms with Crippen LogP contribution < -0.4 is 53.2 Å². The number of carbonyl (C=O) groups is 14. The van der Waals surface area contributed by atoms with Crippen LogP contribution in [0.2, 0.25) is 0 Å². The van der Waals surface area contributed by atoms with Crippen molar-refractivity contribution in [2.24, 2.45) is 0 Å². The lowest BCUT2D eigenvalue weighted by Crippen LogP contribution is -2.54. The Hall–Kier alpha value is -12.9. The zero-order chi connectivity index (χ0) is 77.0. The van der Waals surface area contributed by atoms with E-state index in [-0.39, 0.29) is 99.7 Å². The van der Waals surface area contributed by atoms with E-state index in [9.17, 15) is 87.5 Å². The second-order valence-electron chi connectivity index (χ2n) is 26.5. The van der Waals surface area contributed by atoms with E-state index in [1.807, 2.05) is 97.1 Å². The van der Waals surface area contributed by atoms with E-state index in [0.717, 1.165) is 56.6 Å². The fraction of sp³-hybridized carbons (Fsp3) is 0.342. The second kappa shape index (κ2) is 33.9. The number of benzene rings is 6. The van der Waals surface area contributed by atoms with Crippen LogP contribution in [0.1, 0.15) is 118 Å². The predicted molar refractivity (Wildman–Crippen MR) is 385 cm³/mol. The number of alkyl carbamates (subject to hydrolysis) is 2. The minimum atomic E-state index is -1.64. The highest BCUT2D eigenvalue weighted by molar-refractivity contribution is 6.33. The van der Waals surface area contributed by atoms with Crippen molar-refractivity contribution in [3.05, 3.63) is 166 Å². The molecule has 32 nitrogen and oxygen atoms in total. The number of aromatic hydroxyl groups is 2. The molecule has 6 aromatic carbocycles. The molecule has 6 atom stereocenters. The lowest BCUT2D eigenvalue weighted by atomic mass is 9.81. The van der Waals surface area contributed by atoms with Crippen molar-refractivity contribution in [3.63, 3.8) is 0 Å². The Bertz CT molecular complexity index is 4230. The van der Waals surface area contributed by atoms with Gasteiger partial charge in [-0.2, -0.15) is 0 Å². The maximum atomic E-state index is 14.4. The highest BCUT2D eigenvalue weighted by atomic mass is 16.6. The lowest BCUT2D eigenvalue weighted by molar-refractivity contribution is -0.141. The van der Waals surface area contributed by atoms with Gasteiger partial charge in [-0.15, -0.1) is 0 Å². The summed E-state index contributed by atoms with van der Waals surface area (Å²) in [5.74, 6) is -12.4. The molecule has 0 radical (unpaired) electrons. The average molecular weight is 1480 g/mol. The summed E-state index contributed by atoms with van der Waals surface area (Å²) in [6.45, 7) is 1.09. The number of phenolic OH excluding ortho intramolecular Hbond substituents is 2. The fourth-order valence-corrected chi connectivity index (χ4v) is 14.4. The third kappa shape index (κ3) is 17.1. The van der Waals surface area contributed by atoms with Crippen LogP contribution in [0.25, 0.3) is 22.3 Å². The molecule has 2 aliphatic heterocycles. The van der Waals surface area contributed by atoms with E-state index in [2.05, 4.69) is 53.2 Å². The first-order valence-electron chi connectivity index (χ1n) is 35.1. The number of hydrogen-bond donors (Lipinski definition) is 14. The monoisotopic (exact) mass is 1480 g/mol. The standard InChI is InChI=1S/C76H80N12O20/c1-39(83-59(91)35-81-69(99)53(33-61(93)94)85-75(105)107-37-49-45-17-7-3-13-41(45)42-14-4-8-18-46(42)49)73(103)87-31-11-21-55(87)71(101)79-29-27-77-51-23-24-52(64-63(51)67(97)65-57(89)25-26-58(90)66(65)68(64)98)78-28-30-80-72(102)56-22-12-32-88(56)74(104)40(2)84-60(92)36-82-70(100)54(34-62(95)96)86-76(106)108-38-50-47-19-9-5-15-43(47)44-16-6-10-20-48(44)50/h3-10,13-20,23-26,39-40,49-50,53-56,77-78,89-90H,11-12,21-22,27-38H2,1-2H3,(H,79,101)(H,80,102)(H,81,99)(H,82,100)(H,83,91)(H,84,92)(H,85,105)(H,86,106)(H,93,94)(H,95,96)/t39-,40-,53-,54-,55-,56-/m0/s1. The maximum Gasteiger partial charge on any atom is 0.407 e. The van der Waals surface area contributed by atoms with E-state index in [1.54, 1.807) is 0 Å². The number of phenols is 2. The zero-order valence-electron chi connectivity index (χ0n) is 58.7. The quantitative estimate of drug-likeness (QED) is 0.0227. The normalized spacial score (nSPS) is 16.2. The van der Waals surface area contributed by atoms with Crippen LogP contribution in [0.3, 0.4) is 0 Å². The van der Waals surface area contributed by atoms with Crippen molar-refractivity contribution in [2.75, 3.05) is 76.2 Å². The van der Waals surface area contributed by atoms with Crippen LogP contribution in [0.5, 0.6) is 11.5 Å². The number of nitrogens with one attached hydrogen (secondary N) is 10. The minimum absolute atomic E-state index is 0.0572. The number of ether oxygens (including phenoxy) is 2. The number of hydrogen-bond acceptors (Lipinski definition) is 20. The van der Waals surface area contributed by atoms with Gasteiger partial charge in [0.25, 0.3) is 0 Å². The van der Waals surface area contributed by atoms with E-state index < -0.39 is 168 Å². The number of anilines is 2. The summed E-state index contributed by atoms with van der Waals surface area (Å²) in [6, 6.07) is 27.9. The Balaban J connectivity index is 0.624. The summed E-state index contributed by atoms with van der Waals surface area (Å²) in [6.07, 6.45) is -2.46. The first-order valence-corrected chi connectivity index (χ1v) is 35.1. The molecule has 10 amide bonds. The Kier molecular flexibility index (Phi) is 23.9. The van der Waals surface area contributed by atoms with Gasteiger partial charge in [0.2, 0.25) is 58.8 Å². The molecule has 108 heavy (non-hydrogen) atoms. The lowest BCUT2D eigenvalue weighted by Gasteiger charge is -2.27. The molecule has 3 aliphatic carbocycles. The predicted octanol–water partition coefficient (Wildman–Crippen LogP) is 2.92. The molecule has 564 valence electrons. The van der Waals surface area contributed by atoms with Crippen LogP contribution in [0, 0.1) is 0 Å².